The van der Waals surface area contributed by atoms with Crippen LogP contribution in [0.1, 0.15) is 12.0 Å². The van der Waals surface area contributed by atoms with E-state index in [4.69, 9.17) is 5.73 Å². The van der Waals surface area contributed by atoms with Gasteiger partial charge in [0.2, 0.25) is 0 Å². The first-order valence-electron chi connectivity index (χ1n) is 6.65. The Morgan fingerprint density at radius 2 is 2.32 bits per heavy atom. The van der Waals surface area contributed by atoms with Crippen LogP contribution in [-0.2, 0) is 6.54 Å². The van der Waals surface area contributed by atoms with E-state index in [0.29, 0.717) is 11.2 Å². The Morgan fingerprint density at radius 1 is 1.47 bits per heavy atom. The third-order valence-corrected chi connectivity index (χ3v) is 4.70. The minimum absolute atomic E-state index is 0.654. The predicted octanol–water partition coefficient (Wildman–Crippen LogP) is 2.01. The Hall–Kier alpha value is -1.17. The van der Waals surface area contributed by atoms with E-state index >= 15 is 0 Å². The minimum atomic E-state index is 0.654. The molecule has 1 aromatic heterocycles. The summed E-state index contributed by atoms with van der Waals surface area (Å²) in [6.45, 7) is 3.37. The number of benzene rings is 1. The van der Waals surface area contributed by atoms with Crippen molar-refractivity contribution in [2.75, 3.05) is 32.9 Å². The summed E-state index contributed by atoms with van der Waals surface area (Å²) in [6, 6.07) is 7.18. The molecule has 102 valence electrons. The first-order valence-corrected chi connectivity index (χ1v) is 7.47. The molecule has 1 atom stereocenters. The van der Waals surface area contributed by atoms with Gasteiger partial charge in [-0.2, -0.15) is 0 Å². The Bertz CT molecular complexity index is 578. The van der Waals surface area contributed by atoms with Crippen molar-refractivity contribution in [1.82, 2.24) is 14.8 Å². The highest BCUT2D eigenvalue weighted by Gasteiger charge is 2.23. The van der Waals surface area contributed by atoms with Crippen LogP contribution >= 0.6 is 11.3 Å². The number of thiazole rings is 1. The van der Waals surface area contributed by atoms with Crippen molar-refractivity contribution in [2.45, 2.75) is 19.0 Å². The lowest BCUT2D eigenvalue weighted by Gasteiger charge is -2.20. The molecular formula is C14H20N4S. The van der Waals surface area contributed by atoms with Gasteiger partial charge in [0.15, 0.2) is 5.13 Å². The second-order valence-electron chi connectivity index (χ2n) is 5.50. The average molecular weight is 276 g/mol. The molecule has 0 radical (unpaired) electrons. The summed E-state index contributed by atoms with van der Waals surface area (Å²) in [6.07, 6.45) is 1.27. The van der Waals surface area contributed by atoms with Gasteiger partial charge in [0.05, 0.1) is 10.2 Å². The van der Waals surface area contributed by atoms with Crippen LogP contribution in [0.15, 0.2) is 18.2 Å². The van der Waals surface area contributed by atoms with Gasteiger partial charge in [0.1, 0.15) is 0 Å². The van der Waals surface area contributed by atoms with Gasteiger partial charge in [-0.05, 0) is 38.2 Å². The van der Waals surface area contributed by atoms with Crippen LogP contribution in [0, 0.1) is 0 Å². The molecule has 0 spiro atoms. The number of likely N-dealkylation sites (N-methyl/N-ethyl adjacent to an activating group) is 1. The van der Waals surface area contributed by atoms with E-state index in [2.05, 4.69) is 47.1 Å². The highest BCUT2D eigenvalue weighted by Crippen LogP contribution is 2.25. The number of anilines is 1. The number of likely N-dealkylation sites (tertiary alicyclic amines) is 1. The summed E-state index contributed by atoms with van der Waals surface area (Å²) in [7, 11) is 4.33. The molecule has 2 heterocycles. The molecule has 1 aliphatic heterocycles. The monoisotopic (exact) mass is 276 g/mol. The number of nitrogens with zero attached hydrogens (tertiary/aromatic N) is 3. The number of fused-ring (bicyclic) bond motifs is 1. The summed E-state index contributed by atoms with van der Waals surface area (Å²) < 4.78 is 1.19. The van der Waals surface area contributed by atoms with Crippen LogP contribution in [-0.4, -0.2) is 48.0 Å². The van der Waals surface area contributed by atoms with E-state index in [-0.39, 0.29) is 0 Å². The fourth-order valence-corrected chi connectivity index (χ4v) is 3.52. The van der Waals surface area contributed by atoms with Crippen LogP contribution in [0.3, 0.4) is 0 Å². The lowest BCUT2D eigenvalue weighted by atomic mass is 10.2. The molecule has 3 rings (SSSR count). The fourth-order valence-electron chi connectivity index (χ4n) is 2.72. The van der Waals surface area contributed by atoms with Crippen molar-refractivity contribution in [3.05, 3.63) is 23.8 Å². The first-order chi connectivity index (χ1) is 9.11. The number of rotatable bonds is 3. The molecule has 0 amide bonds. The molecule has 4 nitrogen and oxygen atoms in total. The Balaban J connectivity index is 1.71. The summed E-state index contributed by atoms with van der Waals surface area (Å²) >= 11 is 1.57. The molecule has 19 heavy (non-hydrogen) atoms. The number of nitrogen functional groups attached to an aromatic ring is 1. The van der Waals surface area contributed by atoms with Gasteiger partial charge in [-0.3, -0.25) is 4.90 Å². The molecule has 2 N–H and O–H groups in total. The van der Waals surface area contributed by atoms with Crippen molar-refractivity contribution >= 4 is 26.7 Å². The van der Waals surface area contributed by atoms with Gasteiger partial charge in [-0.25, -0.2) is 4.98 Å². The number of hydrogen-bond acceptors (Lipinski definition) is 5. The maximum Gasteiger partial charge on any atom is 0.181 e. The van der Waals surface area contributed by atoms with Crippen LogP contribution in [0.5, 0.6) is 0 Å². The highest BCUT2D eigenvalue weighted by molar-refractivity contribution is 7.22. The van der Waals surface area contributed by atoms with Crippen LogP contribution in [0.4, 0.5) is 5.13 Å². The van der Waals surface area contributed by atoms with E-state index in [1.165, 1.54) is 23.2 Å². The normalized spacial score (nSPS) is 20.7. The van der Waals surface area contributed by atoms with Crippen LogP contribution in [0.2, 0.25) is 0 Å². The van der Waals surface area contributed by atoms with E-state index < -0.39 is 0 Å². The first kappa shape index (κ1) is 12.8. The summed E-state index contributed by atoms with van der Waals surface area (Å²) in [5, 5.41) is 0.654. The largest absolute Gasteiger partial charge is 0.375 e. The van der Waals surface area contributed by atoms with Gasteiger partial charge in [0.25, 0.3) is 0 Å². The zero-order valence-corrected chi connectivity index (χ0v) is 12.3. The quantitative estimate of drug-likeness (QED) is 0.931. The van der Waals surface area contributed by atoms with Crippen LogP contribution < -0.4 is 5.73 Å². The lowest BCUT2D eigenvalue weighted by molar-refractivity contribution is 0.265. The average Bonchev–Trinajstić information content (AvgIpc) is 2.94. The molecule has 1 fully saturated rings. The lowest BCUT2D eigenvalue weighted by Crippen LogP contribution is -2.31. The number of nitrogens with two attached hydrogens (primary N) is 1. The number of hydrogen-bond donors (Lipinski definition) is 1. The predicted molar refractivity (Wildman–Crippen MR) is 81.4 cm³/mol. The molecule has 0 bridgehead atoms. The standard InChI is InChI=1S/C14H20N4S/c1-17(2)11-5-6-18(9-11)8-10-3-4-12-13(7-10)19-14(15)16-12/h3-4,7,11H,5-6,8-9H2,1-2H3,(H2,15,16). The third kappa shape index (κ3) is 2.73. The molecule has 1 aromatic carbocycles. The zero-order valence-electron chi connectivity index (χ0n) is 11.5. The van der Waals surface area contributed by atoms with Gasteiger partial charge in [-0.15, -0.1) is 0 Å². The van der Waals surface area contributed by atoms with Crippen molar-refractivity contribution < 1.29 is 0 Å². The molecule has 1 aliphatic rings. The SMILES string of the molecule is CN(C)C1CCN(Cc2ccc3nc(N)sc3c2)C1. The maximum absolute atomic E-state index is 5.75. The summed E-state index contributed by atoms with van der Waals surface area (Å²) in [5.41, 5.74) is 8.12. The third-order valence-electron chi connectivity index (χ3n) is 3.85. The van der Waals surface area contributed by atoms with E-state index in [9.17, 15) is 0 Å². The van der Waals surface area contributed by atoms with Crippen molar-refractivity contribution in [2.24, 2.45) is 0 Å². The Kier molecular flexibility index (Phi) is 3.43. The topological polar surface area (TPSA) is 45.4 Å². The summed E-state index contributed by atoms with van der Waals surface area (Å²) in [5.74, 6) is 0. The number of aromatic nitrogens is 1. The smallest absolute Gasteiger partial charge is 0.181 e. The molecule has 1 saturated heterocycles. The Morgan fingerprint density at radius 3 is 3.05 bits per heavy atom. The molecule has 1 unspecified atom stereocenters. The molecular weight excluding hydrogens is 256 g/mol. The molecule has 0 saturated carbocycles. The van der Waals surface area contributed by atoms with Crippen molar-refractivity contribution in [1.29, 1.82) is 0 Å². The highest BCUT2D eigenvalue weighted by atomic mass is 32.1. The zero-order chi connectivity index (χ0) is 13.4. The van der Waals surface area contributed by atoms with Gasteiger partial charge in [0, 0.05) is 25.7 Å². The molecule has 5 heteroatoms. The second-order valence-corrected chi connectivity index (χ2v) is 6.56. The van der Waals surface area contributed by atoms with Gasteiger partial charge < -0.3 is 10.6 Å². The Labute approximate surface area is 117 Å². The molecule has 0 aliphatic carbocycles. The molecule has 2 aromatic rings. The maximum atomic E-state index is 5.75. The van der Waals surface area contributed by atoms with E-state index in [1.807, 2.05) is 0 Å². The van der Waals surface area contributed by atoms with Crippen molar-refractivity contribution in [3.63, 3.8) is 0 Å². The minimum Gasteiger partial charge on any atom is -0.375 e. The van der Waals surface area contributed by atoms with Gasteiger partial charge in [-0.1, -0.05) is 17.4 Å². The van der Waals surface area contributed by atoms with E-state index in [0.717, 1.165) is 18.6 Å². The second kappa shape index (κ2) is 5.07. The van der Waals surface area contributed by atoms with E-state index in [1.54, 1.807) is 11.3 Å². The van der Waals surface area contributed by atoms with Crippen LogP contribution in [0.25, 0.3) is 10.2 Å². The fraction of sp³-hybridized carbons (Fsp3) is 0.500. The van der Waals surface area contributed by atoms with Gasteiger partial charge >= 0.3 is 0 Å². The van der Waals surface area contributed by atoms with Crippen molar-refractivity contribution in [3.8, 4) is 0 Å². The summed E-state index contributed by atoms with van der Waals surface area (Å²) in [4.78, 5) is 9.15.